The molecule has 0 aliphatic carbocycles. The van der Waals surface area contributed by atoms with Crippen molar-refractivity contribution >= 4 is 22.6 Å². The molecule has 1 aromatic heterocycles. The number of hydrogen-bond acceptors (Lipinski definition) is 5. The van der Waals surface area contributed by atoms with Crippen LogP contribution in [0.4, 0.5) is 27.8 Å². The number of carbonyl (C=O) groups is 1. The van der Waals surface area contributed by atoms with E-state index in [-0.39, 0.29) is 30.9 Å². The Labute approximate surface area is 169 Å². The molecule has 6 nitrogen and oxygen atoms in total. The van der Waals surface area contributed by atoms with E-state index >= 15 is 0 Å². The number of nitrogens with one attached hydrogen (secondary N) is 1. The van der Waals surface area contributed by atoms with E-state index in [1.807, 2.05) is 0 Å². The van der Waals surface area contributed by atoms with E-state index in [9.17, 15) is 26.7 Å². The fraction of sp³-hybridized carbons (Fsp3) is 0.526. The minimum Gasteiger partial charge on any atom is -0.358 e. The van der Waals surface area contributed by atoms with Crippen molar-refractivity contribution < 1.29 is 31.5 Å². The van der Waals surface area contributed by atoms with Crippen LogP contribution in [0.3, 0.4) is 0 Å². The standard InChI is InChI=1S/C19H21F5N4O2/c1-10-7-13(30-19(22,23)24)5-6-28(10)18(29)11(2)27-17-14-4-3-12(16(20)21)8-15(14)25-9-26-17/h3-4,8-11,13,16H,5-7H2,1-2H3,(H,25,26,27)/t10-,11+,13-/m0/s1. The van der Waals surface area contributed by atoms with Gasteiger partial charge in [0.25, 0.3) is 6.43 Å². The number of carbonyl (C=O) groups excluding carboxylic acids is 1. The number of piperidine rings is 1. The molecule has 30 heavy (non-hydrogen) atoms. The first-order valence-corrected chi connectivity index (χ1v) is 9.39. The number of benzene rings is 1. The average molecular weight is 432 g/mol. The lowest BCUT2D eigenvalue weighted by molar-refractivity contribution is -0.346. The summed E-state index contributed by atoms with van der Waals surface area (Å²) in [6.07, 6.45) is -6.96. The number of amides is 1. The molecule has 0 bridgehead atoms. The highest BCUT2D eigenvalue weighted by molar-refractivity contribution is 5.92. The summed E-state index contributed by atoms with van der Waals surface area (Å²) in [7, 11) is 0. The van der Waals surface area contributed by atoms with Gasteiger partial charge in [0, 0.05) is 23.5 Å². The second kappa shape index (κ2) is 8.66. The van der Waals surface area contributed by atoms with Gasteiger partial charge in [-0.25, -0.2) is 18.7 Å². The predicted octanol–water partition coefficient (Wildman–Crippen LogP) is 4.28. The summed E-state index contributed by atoms with van der Waals surface area (Å²) in [6.45, 7) is 3.41. The SMILES string of the molecule is C[C@@H](Nc1ncnc2cc(C(F)F)ccc12)C(=O)N1CC[C@H](OC(F)(F)F)C[C@@H]1C. The Morgan fingerprint density at radius 2 is 2.03 bits per heavy atom. The second-order valence-electron chi connectivity index (χ2n) is 7.26. The Morgan fingerprint density at radius 3 is 2.67 bits per heavy atom. The first-order valence-electron chi connectivity index (χ1n) is 9.39. The summed E-state index contributed by atoms with van der Waals surface area (Å²) in [6, 6.07) is 2.81. The molecule has 0 spiro atoms. The molecule has 1 N–H and O–H groups in total. The van der Waals surface area contributed by atoms with E-state index in [1.54, 1.807) is 13.8 Å². The molecule has 1 fully saturated rings. The van der Waals surface area contributed by atoms with Gasteiger partial charge in [-0.15, -0.1) is 13.2 Å². The number of nitrogens with zero attached hydrogens (tertiary/aromatic N) is 3. The topological polar surface area (TPSA) is 67.4 Å². The number of rotatable bonds is 5. The van der Waals surface area contributed by atoms with Crippen LogP contribution in [-0.2, 0) is 9.53 Å². The van der Waals surface area contributed by atoms with Gasteiger partial charge in [-0.2, -0.15) is 0 Å². The van der Waals surface area contributed by atoms with Crippen LogP contribution in [0, 0.1) is 0 Å². The Morgan fingerprint density at radius 1 is 1.30 bits per heavy atom. The maximum Gasteiger partial charge on any atom is 0.522 e. The molecule has 0 saturated carbocycles. The van der Waals surface area contributed by atoms with Crippen LogP contribution in [0.1, 0.15) is 38.7 Å². The lowest BCUT2D eigenvalue weighted by Crippen LogP contribution is -2.51. The highest BCUT2D eigenvalue weighted by Gasteiger charge is 2.38. The van der Waals surface area contributed by atoms with Crippen LogP contribution in [0.25, 0.3) is 10.9 Å². The number of anilines is 1. The fourth-order valence-corrected chi connectivity index (χ4v) is 3.59. The van der Waals surface area contributed by atoms with E-state index in [2.05, 4.69) is 20.0 Å². The Bertz CT molecular complexity index is 908. The van der Waals surface area contributed by atoms with Crippen molar-refractivity contribution in [2.24, 2.45) is 0 Å². The van der Waals surface area contributed by atoms with E-state index in [4.69, 9.17) is 0 Å². The van der Waals surface area contributed by atoms with Crippen LogP contribution in [0.15, 0.2) is 24.5 Å². The quantitative estimate of drug-likeness (QED) is 0.715. The van der Waals surface area contributed by atoms with Crippen molar-refractivity contribution in [1.82, 2.24) is 14.9 Å². The number of aromatic nitrogens is 2. The predicted molar refractivity (Wildman–Crippen MR) is 98.9 cm³/mol. The summed E-state index contributed by atoms with van der Waals surface area (Å²) in [4.78, 5) is 22.4. The van der Waals surface area contributed by atoms with Crippen molar-refractivity contribution in [1.29, 1.82) is 0 Å². The molecule has 2 aromatic rings. The fourth-order valence-electron chi connectivity index (χ4n) is 3.59. The van der Waals surface area contributed by atoms with Crippen molar-refractivity contribution in [3.8, 4) is 0 Å². The van der Waals surface area contributed by atoms with Crippen LogP contribution < -0.4 is 5.32 Å². The third-order valence-corrected chi connectivity index (χ3v) is 5.05. The summed E-state index contributed by atoms with van der Waals surface area (Å²) >= 11 is 0. The third kappa shape index (κ3) is 5.13. The highest BCUT2D eigenvalue weighted by atomic mass is 19.4. The normalized spacial score (nSPS) is 21.1. The van der Waals surface area contributed by atoms with Crippen LogP contribution >= 0.6 is 0 Å². The summed E-state index contributed by atoms with van der Waals surface area (Å²) in [5.41, 5.74) is 0.137. The molecule has 1 aliphatic heterocycles. The maximum absolute atomic E-state index is 12.9. The lowest BCUT2D eigenvalue weighted by Gasteiger charge is -2.39. The molecular formula is C19H21F5N4O2. The van der Waals surface area contributed by atoms with Crippen molar-refractivity contribution in [2.45, 2.75) is 57.7 Å². The van der Waals surface area contributed by atoms with E-state index in [0.29, 0.717) is 16.7 Å². The van der Waals surface area contributed by atoms with Gasteiger partial charge in [-0.05, 0) is 38.8 Å². The monoisotopic (exact) mass is 432 g/mol. The summed E-state index contributed by atoms with van der Waals surface area (Å²) in [5.74, 6) is 0.00790. The van der Waals surface area contributed by atoms with Crippen LogP contribution in [-0.4, -0.2) is 51.9 Å². The molecule has 1 aliphatic rings. The molecule has 3 rings (SSSR count). The molecule has 3 atom stereocenters. The zero-order chi connectivity index (χ0) is 22.1. The molecule has 0 radical (unpaired) electrons. The number of ether oxygens (including phenoxy) is 1. The summed E-state index contributed by atoms with van der Waals surface area (Å²) < 4.78 is 67.1. The van der Waals surface area contributed by atoms with Gasteiger partial charge in [-0.1, -0.05) is 6.07 Å². The van der Waals surface area contributed by atoms with Crippen LogP contribution in [0.5, 0.6) is 0 Å². The van der Waals surface area contributed by atoms with Crippen molar-refractivity contribution in [3.63, 3.8) is 0 Å². The molecule has 1 amide bonds. The summed E-state index contributed by atoms with van der Waals surface area (Å²) in [5, 5.41) is 3.44. The van der Waals surface area contributed by atoms with Gasteiger partial charge < -0.3 is 10.2 Å². The molecule has 11 heteroatoms. The van der Waals surface area contributed by atoms with Crippen molar-refractivity contribution in [2.75, 3.05) is 11.9 Å². The molecule has 164 valence electrons. The number of halogens is 5. The van der Waals surface area contributed by atoms with Gasteiger partial charge in [0.2, 0.25) is 5.91 Å². The first kappa shape index (κ1) is 22.1. The van der Waals surface area contributed by atoms with Gasteiger partial charge >= 0.3 is 6.36 Å². The van der Waals surface area contributed by atoms with Crippen LogP contribution in [0.2, 0.25) is 0 Å². The smallest absolute Gasteiger partial charge is 0.358 e. The zero-order valence-electron chi connectivity index (χ0n) is 16.3. The molecule has 1 aromatic carbocycles. The van der Waals surface area contributed by atoms with Gasteiger partial charge in [0.05, 0.1) is 11.6 Å². The largest absolute Gasteiger partial charge is 0.522 e. The number of fused-ring (bicyclic) bond motifs is 1. The van der Waals surface area contributed by atoms with Gasteiger partial charge in [0.15, 0.2) is 0 Å². The Kier molecular flexibility index (Phi) is 6.39. The van der Waals surface area contributed by atoms with Gasteiger partial charge in [0.1, 0.15) is 18.2 Å². The number of likely N-dealkylation sites (tertiary alicyclic amines) is 1. The highest BCUT2D eigenvalue weighted by Crippen LogP contribution is 2.29. The molecule has 2 heterocycles. The van der Waals surface area contributed by atoms with E-state index < -0.39 is 31.0 Å². The van der Waals surface area contributed by atoms with E-state index in [0.717, 1.165) is 0 Å². The first-order chi connectivity index (χ1) is 14.0. The Hall–Kier alpha value is -2.56. The average Bonchev–Trinajstić information content (AvgIpc) is 2.66. The lowest BCUT2D eigenvalue weighted by atomic mass is 9.99. The number of alkyl halides is 5. The number of hydrogen-bond donors (Lipinski definition) is 1. The zero-order valence-corrected chi connectivity index (χ0v) is 16.3. The third-order valence-electron chi connectivity index (χ3n) is 5.05. The van der Waals surface area contributed by atoms with Gasteiger partial charge in [-0.3, -0.25) is 9.53 Å². The maximum atomic E-state index is 12.9. The second-order valence-corrected chi connectivity index (χ2v) is 7.26. The molecule has 0 unspecified atom stereocenters. The molecular weight excluding hydrogens is 411 g/mol. The van der Waals surface area contributed by atoms with E-state index in [1.165, 1.54) is 29.4 Å². The minimum absolute atomic E-state index is 0.0742. The molecule has 1 saturated heterocycles. The minimum atomic E-state index is -4.70. The van der Waals surface area contributed by atoms with Crippen molar-refractivity contribution in [3.05, 3.63) is 30.1 Å². The Balaban J connectivity index is 1.69.